The first-order chi connectivity index (χ1) is 8.65. The fraction of sp³-hybridized carbons (Fsp3) is 0.308. The molecule has 1 heterocycles. The minimum absolute atomic E-state index is 0.207. The first kappa shape index (κ1) is 12.6. The number of amides is 1. The average Bonchev–Trinajstić information content (AvgIpc) is 2.69. The Balaban J connectivity index is 2.31. The van der Waals surface area contributed by atoms with E-state index in [4.69, 9.17) is 5.73 Å². The summed E-state index contributed by atoms with van der Waals surface area (Å²) in [6, 6.07) is 6.38. The summed E-state index contributed by atoms with van der Waals surface area (Å²) in [5.74, 6) is -0.523. The SMILES string of the molecule is Cn1c(C(=O)NCCCN)cc2c(F)cccc21. The van der Waals surface area contributed by atoms with E-state index in [1.165, 1.54) is 6.07 Å². The zero-order valence-electron chi connectivity index (χ0n) is 10.2. The number of hydrogen-bond acceptors (Lipinski definition) is 2. The van der Waals surface area contributed by atoms with Crippen LogP contribution in [0.2, 0.25) is 0 Å². The van der Waals surface area contributed by atoms with E-state index in [9.17, 15) is 9.18 Å². The van der Waals surface area contributed by atoms with Gasteiger partial charge < -0.3 is 15.6 Å². The smallest absolute Gasteiger partial charge is 0.267 e. The number of fused-ring (bicyclic) bond motifs is 1. The molecule has 0 atom stereocenters. The summed E-state index contributed by atoms with van der Waals surface area (Å²) in [5.41, 5.74) is 6.52. The van der Waals surface area contributed by atoms with Crippen molar-refractivity contribution >= 4 is 16.8 Å². The molecule has 2 rings (SSSR count). The van der Waals surface area contributed by atoms with Crippen LogP contribution in [0.25, 0.3) is 10.9 Å². The molecule has 0 saturated heterocycles. The first-order valence-corrected chi connectivity index (χ1v) is 5.87. The van der Waals surface area contributed by atoms with Crippen LogP contribution < -0.4 is 11.1 Å². The fourth-order valence-corrected chi connectivity index (χ4v) is 1.94. The first-order valence-electron chi connectivity index (χ1n) is 5.87. The predicted octanol–water partition coefficient (Wildman–Crippen LogP) is 1.40. The molecular weight excluding hydrogens is 233 g/mol. The van der Waals surface area contributed by atoms with E-state index in [0.29, 0.717) is 29.7 Å². The number of carbonyl (C=O) groups is 1. The van der Waals surface area contributed by atoms with E-state index in [1.54, 1.807) is 29.8 Å². The van der Waals surface area contributed by atoms with Crippen molar-refractivity contribution in [1.82, 2.24) is 9.88 Å². The van der Waals surface area contributed by atoms with Crippen LogP contribution in [0.5, 0.6) is 0 Å². The highest BCUT2D eigenvalue weighted by molar-refractivity contribution is 5.98. The van der Waals surface area contributed by atoms with Crippen LogP contribution in [0.4, 0.5) is 4.39 Å². The van der Waals surface area contributed by atoms with Crippen LogP contribution in [0.1, 0.15) is 16.9 Å². The Morgan fingerprint density at radius 3 is 2.94 bits per heavy atom. The van der Waals surface area contributed by atoms with E-state index < -0.39 is 0 Å². The minimum Gasteiger partial charge on any atom is -0.351 e. The van der Waals surface area contributed by atoms with Crippen molar-refractivity contribution in [2.24, 2.45) is 12.8 Å². The maximum atomic E-state index is 13.6. The van der Waals surface area contributed by atoms with Crippen LogP contribution in [0.3, 0.4) is 0 Å². The Hall–Kier alpha value is -1.88. The molecule has 0 saturated carbocycles. The molecule has 2 aromatic rings. The van der Waals surface area contributed by atoms with Crippen molar-refractivity contribution in [2.45, 2.75) is 6.42 Å². The maximum Gasteiger partial charge on any atom is 0.267 e. The zero-order chi connectivity index (χ0) is 13.1. The summed E-state index contributed by atoms with van der Waals surface area (Å²) in [6.07, 6.45) is 0.726. The topological polar surface area (TPSA) is 60.0 Å². The molecule has 0 spiro atoms. The largest absolute Gasteiger partial charge is 0.351 e. The van der Waals surface area contributed by atoms with Gasteiger partial charge in [-0.3, -0.25) is 4.79 Å². The molecule has 0 aliphatic rings. The Bertz CT molecular complexity index is 577. The quantitative estimate of drug-likeness (QED) is 0.804. The van der Waals surface area contributed by atoms with Gasteiger partial charge in [0.15, 0.2) is 0 Å². The average molecular weight is 249 g/mol. The fourth-order valence-electron chi connectivity index (χ4n) is 1.94. The van der Waals surface area contributed by atoms with Gasteiger partial charge in [0.2, 0.25) is 0 Å². The molecular formula is C13H16FN3O. The lowest BCUT2D eigenvalue weighted by molar-refractivity contribution is 0.0946. The summed E-state index contributed by atoms with van der Waals surface area (Å²) in [5, 5.41) is 3.22. The summed E-state index contributed by atoms with van der Waals surface area (Å²) in [7, 11) is 1.75. The van der Waals surface area contributed by atoms with Gasteiger partial charge in [0.25, 0.3) is 5.91 Å². The molecule has 1 aromatic carbocycles. The number of nitrogens with two attached hydrogens (primary N) is 1. The molecule has 0 radical (unpaired) electrons. The number of nitrogens with one attached hydrogen (secondary N) is 1. The highest BCUT2D eigenvalue weighted by Gasteiger charge is 2.14. The number of nitrogens with zero attached hydrogens (tertiary/aromatic N) is 1. The van der Waals surface area contributed by atoms with Gasteiger partial charge >= 0.3 is 0 Å². The van der Waals surface area contributed by atoms with Crippen molar-refractivity contribution < 1.29 is 9.18 Å². The van der Waals surface area contributed by atoms with Crippen LogP contribution >= 0.6 is 0 Å². The van der Waals surface area contributed by atoms with Gasteiger partial charge in [-0.05, 0) is 31.2 Å². The van der Waals surface area contributed by atoms with E-state index in [-0.39, 0.29) is 11.7 Å². The number of aryl methyl sites for hydroxylation is 1. The van der Waals surface area contributed by atoms with E-state index in [1.807, 2.05) is 0 Å². The molecule has 0 aliphatic heterocycles. The van der Waals surface area contributed by atoms with Crippen molar-refractivity contribution in [2.75, 3.05) is 13.1 Å². The Morgan fingerprint density at radius 1 is 1.50 bits per heavy atom. The van der Waals surface area contributed by atoms with Crippen molar-refractivity contribution in [1.29, 1.82) is 0 Å². The zero-order valence-corrected chi connectivity index (χ0v) is 10.2. The third-order valence-electron chi connectivity index (χ3n) is 2.93. The number of hydrogen-bond donors (Lipinski definition) is 2. The van der Waals surface area contributed by atoms with Gasteiger partial charge in [0, 0.05) is 19.0 Å². The molecule has 3 N–H and O–H groups in total. The summed E-state index contributed by atoms with van der Waals surface area (Å²) in [4.78, 5) is 11.9. The van der Waals surface area contributed by atoms with Gasteiger partial charge in [-0.1, -0.05) is 6.07 Å². The third-order valence-corrected chi connectivity index (χ3v) is 2.93. The molecule has 0 unspecified atom stereocenters. The second-order valence-corrected chi connectivity index (χ2v) is 4.16. The molecule has 1 aromatic heterocycles. The van der Waals surface area contributed by atoms with Gasteiger partial charge in [-0.25, -0.2) is 4.39 Å². The molecule has 1 amide bonds. The molecule has 96 valence electrons. The highest BCUT2D eigenvalue weighted by Crippen LogP contribution is 2.21. The number of rotatable bonds is 4. The maximum absolute atomic E-state index is 13.6. The van der Waals surface area contributed by atoms with Gasteiger partial charge in [0.05, 0.1) is 5.52 Å². The van der Waals surface area contributed by atoms with Gasteiger partial charge in [0.1, 0.15) is 11.5 Å². The third kappa shape index (κ3) is 2.22. The Morgan fingerprint density at radius 2 is 2.28 bits per heavy atom. The van der Waals surface area contributed by atoms with Crippen molar-refractivity contribution in [3.63, 3.8) is 0 Å². The monoisotopic (exact) mass is 249 g/mol. The predicted molar refractivity (Wildman–Crippen MR) is 68.9 cm³/mol. The number of carbonyl (C=O) groups excluding carboxylic acids is 1. The molecule has 0 fully saturated rings. The minimum atomic E-state index is -0.316. The van der Waals surface area contributed by atoms with Crippen LogP contribution in [0, 0.1) is 5.82 Å². The second kappa shape index (κ2) is 5.18. The molecule has 5 heteroatoms. The normalized spacial score (nSPS) is 10.8. The second-order valence-electron chi connectivity index (χ2n) is 4.16. The lowest BCUT2D eigenvalue weighted by atomic mass is 10.2. The van der Waals surface area contributed by atoms with Crippen LogP contribution in [0.15, 0.2) is 24.3 Å². The van der Waals surface area contributed by atoms with Gasteiger partial charge in [-0.2, -0.15) is 0 Å². The van der Waals surface area contributed by atoms with Crippen molar-refractivity contribution in [3.05, 3.63) is 35.8 Å². The lowest BCUT2D eigenvalue weighted by Crippen LogP contribution is -2.27. The number of halogens is 1. The van der Waals surface area contributed by atoms with Crippen LogP contribution in [-0.2, 0) is 7.05 Å². The van der Waals surface area contributed by atoms with Gasteiger partial charge in [-0.15, -0.1) is 0 Å². The summed E-state index contributed by atoms with van der Waals surface area (Å²) in [6.45, 7) is 1.06. The summed E-state index contributed by atoms with van der Waals surface area (Å²) >= 11 is 0. The number of benzene rings is 1. The van der Waals surface area contributed by atoms with Crippen molar-refractivity contribution in [3.8, 4) is 0 Å². The Labute approximate surface area is 105 Å². The van der Waals surface area contributed by atoms with E-state index >= 15 is 0 Å². The van der Waals surface area contributed by atoms with Crippen LogP contribution in [-0.4, -0.2) is 23.6 Å². The highest BCUT2D eigenvalue weighted by atomic mass is 19.1. The van der Waals surface area contributed by atoms with E-state index in [0.717, 1.165) is 6.42 Å². The summed E-state index contributed by atoms with van der Waals surface area (Å²) < 4.78 is 15.3. The molecule has 4 nitrogen and oxygen atoms in total. The number of aromatic nitrogens is 1. The standard InChI is InChI=1S/C13H16FN3O/c1-17-11-5-2-4-10(14)9(11)8-12(17)13(18)16-7-3-6-15/h2,4-5,8H,3,6-7,15H2,1H3,(H,16,18). The van der Waals surface area contributed by atoms with E-state index in [2.05, 4.69) is 5.32 Å². The molecule has 0 bridgehead atoms. The Kier molecular flexibility index (Phi) is 3.62. The molecule has 18 heavy (non-hydrogen) atoms. The lowest BCUT2D eigenvalue weighted by Gasteiger charge is -2.05. The molecule has 0 aliphatic carbocycles.